The number of aryl methyl sites for hydroxylation is 1. The first-order valence-electron chi connectivity index (χ1n) is 13.1. The van der Waals surface area contributed by atoms with Crippen molar-refractivity contribution in [3.05, 3.63) is 77.2 Å². The number of likely N-dealkylation sites (N-methyl/N-ethyl adjacent to an activating group) is 1. The summed E-state index contributed by atoms with van der Waals surface area (Å²) in [4.78, 5) is 24.3. The number of carbonyl (C=O) groups excluding carboxylic acids is 1. The number of carbonyl (C=O) groups is 1. The van der Waals surface area contributed by atoms with Crippen LogP contribution in [0, 0.1) is 6.92 Å². The van der Waals surface area contributed by atoms with E-state index in [1.807, 2.05) is 44.9 Å². The average molecular weight is 553 g/mol. The van der Waals surface area contributed by atoms with Crippen LogP contribution in [0.25, 0.3) is 22.3 Å². The normalized spacial score (nSPS) is 18.8. The lowest BCUT2D eigenvalue weighted by Crippen LogP contribution is -2.39. The SMILES string of the molecule is CCOC(C)n1nc(-c2ccnc(C)c2)c2cc(C(=O)NC3CN(C)CC3c3cccc(C(F)(F)F)c3)cnc21. The van der Waals surface area contributed by atoms with Gasteiger partial charge < -0.3 is 15.0 Å². The third kappa shape index (κ3) is 5.57. The highest BCUT2D eigenvalue weighted by atomic mass is 19.4. The maximum atomic E-state index is 13.5. The van der Waals surface area contributed by atoms with Gasteiger partial charge in [-0.2, -0.15) is 18.3 Å². The van der Waals surface area contributed by atoms with Crippen molar-refractivity contribution in [3.63, 3.8) is 0 Å². The Hall–Kier alpha value is -3.83. The first-order valence-corrected chi connectivity index (χ1v) is 13.1. The second kappa shape index (κ2) is 11.0. The number of likely N-dealkylation sites (tertiary alicyclic amines) is 1. The van der Waals surface area contributed by atoms with Crippen LogP contribution in [0.15, 0.2) is 54.9 Å². The molecule has 11 heteroatoms. The lowest BCUT2D eigenvalue weighted by Gasteiger charge is -2.21. The van der Waals surface area contributed by atoms with E-state index in [2.05, 4.69) is 15.3 Å². The van der Waals surface area contributed by atoms with Crippen LogP contribution in [-0.4, -0.2) is 63.3 Å². The van der Waals surface area contributed by atoms with Crippen LogP contribution in [0.3, 0.4) is 0 Å². The lowest BCUT2D eigenvalue weighted by atomic mass is 9.92. The summed E-state index contributed by atoms with van der Waals surface area (Å²) in [6.45, 7) is 7.20. The van der Waals surface area contributed by atoms with E-state index in [1.165, 1.54) is 18.3 Å². The van der Waals surface area contributed by atoms with E-state index in [1.54, 1.807) is 23.0 Å². The van der Waals surface area contributed by atoms with Crippen molar-refractivity contribution in [2.24, 2.45) is 0 Å². The second-order valence-corrected chi connectivity index (χ2v) is 10.2. The molecule has 0 aliphatic carbocycles. The Morgan fingerprint density at radius 3 is 2.70 bits per heavy atom. The Labute approximate surface area is 230 Å². The molecular weight excluding hydrogens is 521 g/mol. The molecule has 0 bridgehead atoms. The smallest absolute Gasteiger partial charge is 0.357 e. The van der Waals surface area contributed by atoms with Crippen LogP contribution < -0.4 is 5.32 Å². The molecule has 210 valence electrons. The number of hydrogen-bond acceptors (Lipinski definition) is 6. The van der Waals surface area contributed by atoms with E-state index in [-0.39, 0.29) is 24.1 Å². The van der Waals surface area contributed by atoms with Crippen molar-refractivity contribution in [2.75, 3.05) is 26.7 Å². The fourth-order valence-corrected chi connectivity index (χ4v) is 5.30. The standard InChI is InChI=1S/C29H31F3N6O2/c1-5-40-18(3)38-27-23(26(36-38)20-9-10-33-17(2)11-20)13-21(14-34-27)28(39)35-25-16-37(4)15-24(25)19-7-6-8-22(12-19)29(30,31)32/h6-14,18,24-25H,5,15-16H2,1-4H3,(H,35,39). The topological polar surface area (TPSA) is 85.2 Å². The summed E-state index contributed by atoms with van der Waals surface area (Å²) in [5, 5.41) is 8.52. The fourth-order valence-electron chi connectivity index (χ4n) is 5.30. The van der Waals surface area contributed by atoms with Gasteiger partial charge in [0.2, 0.25) is 0 Å². The number of alkyl halides is 3. The van der Waals surface area contributed by atoms with Gasteiger partial charge in [0.1, 0.15) is 11.9 Å². The quantitative estimate of drug-likeness (QED) is 0.339. The molecule has 0 saturated carbocycles. The van der Waals surface area contributed by atoms with Gasteiger partial charge in [0.25, 0.3) is 5.91 Å². The van der Waals surface area contributed by atoms with Gasteiger partial charge in [-0.05, 0) is 57.6 Å². The summed E-state index contributed by atoms with van der Waals surface area (Å²) < 4.78 is 47.5. The zero-order valence-electron chi connectivity index (χ0n) is 22.7. The molecule has 1 N–H and O–H groups in total. The minimum absolute atomic E-state index is 0.293. The number of aromatic nitrogens is 4. The first-order chi connectivity index (χ1) is 19.0. The Morgan fingerprint density at radius 1 is 1.18 bits per heavy atom. The summed E-state index contributed by atoms with van der Waals surface area (Å²) in [6, 6.07) is 10.5. The fraction of sp³-hybridized carbons (Fsp3) is 0.379. The molecule has 3 aromatic heterocycles. The zero-order chi connectivity index (χ0) is 28.6. The highest BCUT2D eigenvalue weighted by Gasteiger charge is 2.36. The molecule has 3 unspecified atom stereocenters. The summed E-state index contributed by atoms with van der Waals surface area (Å²) in [5.41, 5.74) is 3.06. The van der Waals surface area contributed by atoms with Crippen molar-refractivity contribution in [1.29, 1.82) is 0 Å². The molecule has 4 aromatic rings. The molecule has 1 aliphatic rings. The number of rotatable bonds is 7. The maximum absolute atomic E-state index is 13.5. The summed E-state index contributed by atoms with van der Waals surface area (Å²) in [7, 11) is 1.89. The molecule has 1 aliphatic heterocycles. The predicted octanol–water partition coefficient (Wildman–Crippen LogP) is 5.20. The molecule has 1 fully saturated rings. The minimum Gasteiger partial charge on any atom is -0.357 e. The Kier molecular flexibility index (Phi) is 7.61. The Bertz CT molecular complexity index is 1540. The van der Waals surface area contributed by atoms with E-state index in [9.17, 15) is 18.0 Å². The molecule has 3 atom stereocenters. The molecule has 1 amide bonds. The second-order valence-electron chi connectivity index (χ2n) is 10.2. The van der Waals surface area contributed by atoms with Crippen molar-refractivity contribution in [2.45, 2.75) is 45.1 Å². The Balaban J connectivity index is 1.48. The van der Waals surface area contributed by atoms with Gasteiger partial charge in [0, 0.05) is 60.7 Å². The lowest BCUT2D eigenvalue weighted by molar-refractivity contribution is -0.137. The van der Waals surface area contributed by atoms with E-state index < -0.39 is 11.7 Å². The molecule has 0 radical (unpaired) electrons. The largest absolute Gasteiger partial charge is 0.416 e. The highest BCUT2D eigenvalue weighted by Crippen LogP contribution is 2.34. The van der Waals surface area contributed by atoms with Crippen molar-refractivity contribution in [3.8, 4) is 11.3 Å². The summed E-state index contributed by atoms with van der Waals surface area (Å²) in [5.74, 6) is -0.646. The van der Waals surface area contributed by atoms with Crippen molar-refractivity contribution >= 4 is 16.9 Å². The highest BCUT2D eigenvalue weighted by molar-refractivity contribution is 6.00. The molecule has 1 aromatic carbocycles. The Morgan fingerprint density at radius 2 is 1.98 bits per heavy atom. The molecule has 8 nitrogen and oxygen atoms in total. The van der Waals surface area contributed by atoms with Crippen LogP contribution in [0.5, 0.6) is 0 Å². The predicted molar refractivity (Wildman–Crippen MR) is 145 cm³/mol. The molecule has 4 heterocycles. The zero-order valence-corrected chi connectivity index (χ0v) is 22.7. The molecular formula is C29H31F3N6O2. The van der Waals surface area contributed by atoms with E-state index in [4.69, 9.17) is 9.84 Å². The van der Waals surface area contributed by atoms with Gasteiger partial charge in [-0.1, -0.05) is 18.2 Å². The van der Waals surface area contributed by atoms with Crippen molar-refractivity contribution in [1.82, 2.24) is 30.0 Å². The van der Waals surface area contributed by atoms with Crippen LogP contribution in [0.4, 0.5) is 13.2 Å². The maximum Gasteiger partial charge on any atom is 0.416 e. The third-order valence-electron chi connectivity index (χ3n) is 7.19. The van der Waals surface area contributed by atoms with Gasteiger partial charge in [-0.3, -0.25) is 9.78 Å². The number of pyridine rings is 2. The third-order valence-corrected chi connectivity index (χ3v) is 7.19. The van der Waals surface area contributed by atoms with Crippen LogP contribution >= 0.6 is 0 Å². The number of fused-ring (bicyclic) bond motifs is 1. The number of ether oxygens (including phenoxy) is 1. The summed E-state index contributed by atoms with van der Waals surface area (Å²) >= 11 is 0. The van der Waals surface area contributed by atoms with Gasteiger partial charge in [-0.15, -0.1) is 0 Å². The van der Waals surface area contributed by atoms with Gasteiger partial charge in [0.05, 0.1) is 11.1 Å². The number of benzene rings is 1. The van der Waals surface area contributed by atoms with E-state index in [0.29, 0.717) is 47.6 Å². The van der Waals surface area contributed by atoms with Gasteiger partial charge in [-0.25, -0.2) is 9.67 Å². The number of hydrogen-bond donors (Lipinski definition) is 1. The van der Waals surface area contributed by atoms with Gasteiger partial charge in [0.15, 0.2) is 5.65 Å². The molecule has 40 heavy (non-hydrogen) atoms. The number of nitrogens with one attached hydrogen (secondary N) is 1. The first kappa shape index (κ1) is 27.7. The number of amides is 1. The van der Waals surface area contributed by atoms with E-state index >= 15 is 0 Å². The monoisotopic (exact) mass is 552 g/mol. The van der Waals surface area contributed by atoms with Crippen LogP contribution in [-0.2, 0) is 10.9 Å². The summed E-state index contributed by atoms with van der Waals surface area (Å²) in [6.07, 6.45) is -1.61. The number of halogens is 3. The van der Waals surface area contributed by atoms with E-state index in [0.717, 1.165) is 17.3 Å². The van der Waals surface area contributed by atoms with Crippen LogP contribution in [0.1, 0.15) is 53.2 Å². The molecule has 1 saturated heterocycles. The van der Waals surface area contributed by atoms with Crippen molar-refractivity contribution < 1.29 is 22.7 Å². The average Bonchev–Trinajstić information content (AvgIpc) is 3.48. The minimum atomic E-state index is -4.44. The number of nitrogens with zero attached hydrogens (tertiary/aromatic N) is 5. The van der Waals surface area contributed by atoms with Crippen LogP contribution in [0.2, 0.25) is 0 Å². The molecule has 5 rings (SSSR count). The molecule has 0 spiro atoms. The van der Waals surface area contributed by atoms with Gasteiger partial charge >= 0.3 is 6.18 Å².